The Bertz CT molecular complexity index is 1030. The van der Waals surface area contributed by atoms with Gasteiger partial charge in [-0.25, -0.2) is 4.98 Å². The number of aromatic nitrogens is 3. The summed E-state index contributed by atoms with van der Waals surface area (Å²) in [4.78, 5) is 17.0. The molecule has 0 saturated carbocycles. The fourth-order valence-electron chi connectivity index (χ4n) is 2.99. The van der Waals surface area contributed by atoms with Gasteiger partial charge in [-0.05, 0) is 18.2 Å². The van der Waals surface area contributed by atoms with Crippen LogP contribution in [0.15, 0.2) is 67.3 Å². The first-order valence-corrected chi connectivity index (χ1v) is 8.16. The third-order valence-electron chi connectivity index (χ3n) is 4.20. The molecule has 0 unspecified atom stereocenters. The number of hydrogen-bond donors (Lipinski definition) is 1. The number of nitrogens with zero attached hydrogens (tertiary/aromatic N) is 3. The van der Waals surface area contributed by atoms with Gasteiger partial charge in [0.15, 0.2) is 0 Å². The number of fused-ring (bicyclic) bond motifs is 1. The van der Waals surface area contributed by atoms with E-state index in [0.29, 0.717) is 16.4 Å². The van der Waals surface area contributed by atoms with Crippen LogP contribution in [0.25, 0.3) is 16.6 Å². The van der Waals surface area contributed by atoms with Gasteiger partial charge in [0.2, 0.25) is 0 Å². The second-order valence-corrected chi connectivity index (χ2v) is 6.06. The highest BCUT2D eigenvalue weighted by molar-refractivity contribution is 6.39. The van der Waals surface area contributed by atoms with E-state index in [0.717, 1.165) is 16.6 Å². The lowest BCUT2D eigenvalue weighted by atomic mass is 10.2. The lowest BCUT2D eigenvalue weighted by molar-refractivity contribution is 0.102. The van der Waals surface area contributed by atoms with Crippen molar-refractivity contribution in [2.75, 3.05) is 5.32 Å². The summed E-state index contributed by atoms with van der Waals surface area (Å²) in [6.45, 7) is 0. The highest BCUT2D eigenvalue weighted by Crippen LogP contribution is 2.31. The second kappa shape index (κ2) is 6.11. The minimum atomic E-state index is -0.253. The molecule has 2 heterocycles. The average molecular weight is 351 g/mol. The molecule has 0 radical (unpaired) electrons. The molecule has 0 aliphatic rings. The number of para-hydroxylation sites is 3. The van der Waals surface area contributed by atoms with Crippen molar-refractivity contribution in [2.45, 2.75) is 0 Å². The van der Waals surface area contributed by atoms with Crippen LogP contribution in [0.3, 0.4) is 0 Å². The number of rotatable bonds is 3. The van der Waals surface area contributed by atoms with Crippen molar-refractivity contribution in [2.24, 2.45) is 7.05 Å². The van der Waals surface area contributed by atoms with E-state index in [1.807, 2.05) is 70.9 Å². The third-order valence-corrected chi connectivity index (χ3v) is 4.58. The van der Waals surface area contributed by atoms with Crippen molar-refractivity contribution in [3.63, 3.8) is 0 Å². The summed E-state index contributed by atoms with van der Waals surface area (Å²) >= 11 is 6.47. The maximum atomic E-state index is 12.9. The van der Waals surface area contributed by atoms with Gasteiger partial charge in [-0.2, -0.15) is 0 Å². The van der Waals surface area contributed by atoms with Crippen LogP contribution in [0.1, 0.15) is 10.5 Å². The van der Waals surface area contributed by atoms with E-state index in [1.54, 1.807) is 12.5 Å². The Balaban J connectivity index is 1.75. The van der Waals surface area contributed by atoms with Crippen molar-refractivity contribution < 1.29 is 4.79 Å². The summed E-state index contributed by atoms with van der Waals surface area (Å²) in [5.41, 5.74) is 2.87. The minimum absolute atomic E-state index is 0.253. The molecule has 5 nitrogen and oxygen atoms in total. The normalized spacial score (nSPS) is 11.0. The zero-order valence-electron chi connectivity index (χ0n) is 13.5. The number of anilines is 1. The number of carbonyl (C=O) groups excluding carboxylic acids is 1. The highest BCUT2D eigenvalue weighted by atomic mass is 35.5. The molecule has 0 aliphatic heterocycles. The predicted octanol–water partition coefficient (Wildman–Crippen LogP) is 4.27. The van der Waals surface area contributed by atoms with E-state index in [9.17, 15) is 4.79 Å². The summed E-state index contributed by atoms with van der Waals surface area (Å²) in [6, 6.07) is 15.2. The van der Waals surface area contributed by atoms with Crippen LogP contribution in [0, 0.1) is 0 Å². The van der Waals surface area contributed by atoms with Crippen LogP contribution in [-0.4, -0.2) is 20.0 Å². The van der Waals surface area contributed by atoms with E-state index in [2.05, 4.69) is 10.3 Å². The molecule has 1 N–H and O–H groups in total. The molecule has 4 rings (SSSR count). The quantitative estimate of drug-likeness (QED) is 0.600. The van der Waals surface area contributed by atoms with Gasteiger partial charge in [0, 0.05) is 30.3 Å². The van der Waals surface area contributed by atoms with E-state index < -0.39 is 0 Å². The first-order valence-electron chi connectivity index (χ1n) is 7.78. The number of aryl methyl sites for hydroxylation is 1. The van der Waals surface area contributed by atoms with Gasteiger partial charge in [0.1, 0.15) is 5.69 Å². The lowest BCUT2D eigenvalue weighted by Crippen LogP contribution is -2.17. The van der Waals surface area contributed by atoms with Crippen LogP contribution in [0.2, 0.25) is 5.02 Å². The Hall–Kier alpha value is -3.05. The van der Waals surface area contributed by atoms with Crippen LogP contribution < -0.4 is 5.32 Å². The van der Waals surface area contributed by atoms with Gasteiger partial charge in [-0.15, -0.1) is 0 Å². The number of imidazole rings is 1. The standard InChI is InChI=1S/C19H15ClN4O/c1-23-15-8-4-2-6-13(15)17(20)18(23)19(25)22-14-7-3-5-9-16(14)24-11-10-21-12-24/h2-12H,1H3,(H,22,25). The molecule has 4 aromatic rings. The Kier molecular flexibility index (Phi) is 3.78. The van der Waals surface area contributed by atoms with Gasteiger partial charge >= 0.3 is 0 Å². The molecule has 124 valence electrons. The number of carbonyl (C=O) groups is 1. The molecule has 0 spiro atoms. The molecule has 2 aromatic heterocycles. The van der Waals surface area contributed by atoms with Crippen LogP contribution >= 0.6 is 11.6 Å². The Morgan fingerprint density at radius 3 is 2.64 bits per heavy atom. The summed E-state index contributed by atoms with van der Waals surface area (Å²) in [5.74, 6) is -0.253. The number of amides is 1. The SMILES string of the molecule is Cn1c(C(=O)Nc2ccccc2-n2ccnc2)c(Cl)c2ccccc21. The number of benzene rings is 2. The van der Waals surface area contributed by atoms with Gasteiger partial charge in [0.25, 0.3) is 5.91 Å². The van der Waals surface area contributed by atoms with Crippen molar-refractivity contribution >= 4 is 34.1 Å². The smallest absolute Gasteiger partial charge is 0.273 e. The van der Waals surface area contributed by atoms with Crippen LogP contribution in [0.5, 0.6) is 0 Å². The van der Waals surface area contributed by atoms with Crippen molar-refractivity contribution in [1.82, 2.24) is 14.1 Å². The Labute approximate surface area is 149 Å². The third kappa shape index (κ3) is 2.58. The van der Waals surface area contributed by atoms with E-state index in [4.69, 9.17) is 11.6 Å². The molecule has 1 amide bonds. The molecule has 0 aliphatic carbocycles. The zero-order valence-corrected chi connectivity index (χ0v) is 14.2. The van der Waals surface area contributed by atoms with Crippen LogP contribution in [-0.2, 0) is 7.05 Å². The molecule has 25 heavy (non-hydrogen) atoms. The number of nitrogens with one attached hydrogen (secondary N) is 1. The van der Waals surface area contributed by atoms with E-state index >= 15 is 0 Å². The molecule has 0 bridgehead atoms. The van der Waals surface area contributed by atoms with Gasteiger partial charge in [-0.1, -0.05) is 41.9 Å². The van der Waals surface area contributed by atoms with Gasteiger partial charge in [0.05, 0.1) is 22.7 Å². The Morgan fingerprint density at radius 1 is 1.12 bits per heavy atom. The Morgan fingerprint density at radius 2 is 1.88 bits per heavy atom. The first-order chi connectivity index (χ1) is 12.2. The maximum Gasteiger partial charge on any atom is 0.273 e. The first kappa shape index (κ1) is 15.5. The lowest BCUT2D eigenvalue weighted by Gasteiger charge is -2.12. The van der Waals surface area contributed by atoms with Gasteiger partial charge in [-0.3, -0.25) is 4.79 Å². The van der Waals surface area contributed by atoms with Crippen molar-refractivity contribution in [3.8, 4) is 5.69 Å². The monoisotopic (exact) mass is 350 g/mol. The number of hydrogen-bond acceptors (Lipinski definition) is 2. The minimum Gasteiger partial charge on any atom is -0.338 e. The fourth-order valence-corrected chi connectivity index (χ4v) is 3.36. The zero-order chi connectivity index (χ0) is 17.4. The van der Waals surface area contributed by atoms with E-state index in [1.165, 1.54) is 0 Å². The number of halogens is 1. The van der Waals surface area contributed by atoms with Gasteiger partial charge < -0.3 is 14.5 Å². The summed E-state index contributed by atoms with van der Waals surface area (Å²) in [6.07, 6.45) is 5.21. The molecular formula is C19H15ClN4O. The topological polar surface area (TPSA) is 51.9 Å². The predicted molar refractivity (Wildman–Crippen MR) is 99.4 cm³/mol. The average Bonchev–Trinajstić information content (AvgIpc) is 3.24. The summed E-state index contributed by atoms with van der Waals surface area (Å²) in [7, 11) is 1.84. The molecular weight excluding hydrogens is 336 g/mol. The molecule has 0 saturated heterocycles. The molecule has 0 atom stereocenters. The molecule has 2 aromatic carbocycles. The summed E-state index contributed by atoms with van der Waals surface area (Å²) < 4.78 is 3.66. The van der Waals surface area contributed by atoms with Crippen molar-refractivity contribution in [3.05, 3.63) is 78.0 Å². The van der Waals surface area contributed by atoms with Crippen molar-refractivity contribution in [1.29, 1.82) is 0 Å². The van der Waals surface area contributed by atoms with E-state index in [-0.39, 0.29) is 5.91 Å². The molecule has 6 heteroatoms. The largest absolute Gasteiger partial charge is 0.338 e. The molecule has 0 fully saturated rings. The van der Waals surface area contributed by atoms with Crippen LogP contribution in [0.4, 0.5) is 5.69 Å². The second-order valence-electron chi connectivity index (χ2n) is 5.68. The summed E-state index contributed by atoms with van der Waals surface area (Å²) in [5, 5.41) is 4.28. The maximum absolute atomic E-state index is 12.9. The highest BCUT2D eigenvalue weighted by Gasteiger charge is 2.20. The fraction of sp³-hybridized carbons (Fsp3) is 0.0526.